The van der Waals surface area contributed by atoms with Crippen LogP contribution in [-0.2, 0) is 59.8 Å². The van der Waals surface area contributed by atoms with Crippen LogP contribution in [0.15, 0.2) is 34.5 Å². The Morgan fingerprint density at radius 3 is 1.62 bits per heavy atom. The van der Waals surface area contributed by atoms with E-state index in [4.69, 9.17) is 61.6 Å². The van der Waals surface area contributed by atoms with Gasteiger partial charge in [-0.25, -0.2) is 0 Å². The first kappa shape index (κ1) is 87.1. The van der Waals surface area contributed by atoms with Crippen molar-refractivity contribution in [1.82, 2.24) is 0 Å². The summed E-state index contributed by atoms with van der Waals surface area (Å²) in [6.07, 6.45) is 6.27. The van der Waals surface area contributed by atoms with E-state index in [0.717, 1.165) is 50.7 Å². The van der Waals surface area contributed by atoms with Crippen LogP contribution in [0.1, 0.15) is 209 Å². The quantitative estimate of drug-likeness (QED) is 0.0293. The molecule has 5 heterocycles. The van der Waals surface area contributed by atoms with Gasteiger partial charge in [-0.15, -0.1) is 0 Å². The van der Waals surface area contributed by atoms with Crippen LogP contribution in [0.2, 0.25) is 109 Å². The molecule has 0 unspecified atom stereocenters. The summed E-state index contributed by atoms with van der Waals surface area (Å²) in [6, 6.07) is 0. The van der Waals surface area contributed by atoms with E-state index in [2.05, 4.69) is 249 Å². The summed E-state index contributed by atoms with van der Waals surface area (Å²) in [5.41, 5.74) is 2.26. The molecule has 20 heteroatoms. The van der Waals surface area contributed by atoms with E-state index in [1.807, 2.05) is 0 Å². The van der Waals surface area contributed by atoms with Gasteiger partial charge in [0.2, 0.25) is 0 Å². The SMILES string of the molecule is C=C1C[C@H](CCCO[Si](C)(C)C(C)(C)C)O[C@H]1CC[C@H]1C[C@@H](C)C(=C)[C@@H](C[C@@H]2O[C@H](C[C@@H](CO[Si](C)(C)C(C)(C)C)O[Si](C)(C)C(C)(C)C)[C@H](OC)[C@H]2CC(=O)C[C@H]2CC[C@@H]3O[C@@H]([C@H](/C=C/I)O[Si](C)(C)C(C)(C)C)[C@@H](O[Si](C)(C)C(C)(C)C)[C@@H](O[Si](C)(C)C(C)(C)C)[C@H]3O2)O1. The van der Waals surface area contributed by atoms with E-state index in [0.29, 0.717) is 32.3 Å². The number of hydrogen-bond donors (Lipinski definition) is 0. The summed E-state index contributed by atoms with van der Waals surface area (Å²) in [5, 5.41) is -0.0685. The zero-order valence-corrected chi connectivity index (χ0v) is 75.6. The number of Topliss-reactive ketones (excluding diaryl/α,β-unsaturated/α-hetero) is 1. The standard InChI is InChI=1S/C76H147IO13Si6/c1-51-44-56(37-39-60-52(2)45-55(82-60)36-35-43-80-91(23,24)71(4,5)6)83-63(53(51)3)49-64-59(66(79-22)65(85-64)48-58(87-93(27,28)73(10,11)12)50-81-92(25,26)72(7,8)9)47-54(78)46-57-38-40-61-67(84-57)69(89-95(31,32)75(16,17)18)70(90-96(33,34)76(19,20)21)68(86-61)62(41-42-77)88-94(29,30)74(13,14)15/h41-42,51,55-70H,2-3,35-40,43-50H2,1,4-34H3/b42-41+/t51-,55+,56+,57-,58+,59+,60+,61+,62+,63-,64+,65-,66-,67+,68+,69+,70-/m1/s1. The van der Waals surface area contributed by atoms with Gasteiger partial charge in [0.1, 0.15) is 30.2 Å². The maximum atomic E-state index is 15.5. The lowest BCUT2D eigenvalue weighted by Crippen LogP contribution is -2.69. The molecule has 0 amide bonds. The highest BCUT2D eigenvalue weighted by molar-refractivity contribution is 14.1. The third-order valence-corrected chi connectivity index (χ3v) is 53.0. The summed E-state index contributed by atoms with van der Waals surface area (Å²) in [5.74, 6) is 0.0923. The van der Waals surface area contributed by atoms with Crippen LogP contribution in [-0.4, -0.2) is 168 Å². The van der Waals surface area contributed by atoms with Gasteiger partial charge in [-0.1, -0.05) is 167 Å². The van der Waals surface area contributed by atoms with Gasteiger partial charge in [0, 0.05) is 45.3 Å². The highest BCUT2D eigenvalue weighted by Crippen LogP contribution is 2.50. The van der Waals surface area contributed by atoms with Crippen LogP contribution in [0.3, 0.4) is 0 Å². The maximum absolute atomic E-state index is 15.5. The second-order valence-electron chi connectivity index (χ2n) is 39.2. The fourth-order valence-electron chi connectivity index (χ4n) is 12.8. The molecule has 0 aromatic carbocycles. The number of hydrogen-bond acceptors (Lipinski definition) is 13. The van der Waals surface area contributed by atoms with Gasteiger partial charge in [0.15, 0.2) is 49.9 Å². The molecule has 0 radical (unpaired) electrons. The van der Waals surface area contributed by atoms with Crippen LogP contribution in [0.4, 0.5) is 0 Å². The average molecular weight is 1560 g/mol. The van der Waals surface area contributed by atoms with E-state index < -0.39 is 80.4 Å². The Kier molecular flexibility index (Phi) is 30.0. The minimum absolute atomic E-state index is 0.00851. The van der Waals surface area contributed by atoms with E-state index in [1.54, 1.807) is 7.11 Å². The average Bonchev–Trinajstić information content (AvgIpc) is 0.911. The highest BCUT2D eigenvalue weighted by Gasteiger charge is 2.59. The second-order valence-corrected chi connectivity index (χ2v) is 68.6. The van der Waals surface area contributed by atoms with Gasteiger partial charge in [0.05, 0.1) is 73.8 Å². The summed E-state index contributed by atoms with van der Waals surface area (Å²) < 4.78 is 89.0. The third-order valence-electron chi connectivity index (χ3n) is 25.6. The van der Waals surface area contributed by atoms with Gasteiger partial charge >= 0.3 is 0 Å². The van der Waals surface area contributed by atoms with Crippen LogP contribution in [0, 0.1) is 11.8 Å². The molecule has 0 N–H and O–H groups in total. The number of ketones is 1. The largest absolute Gasteiger partial charge is 0.417 e. The number of rotatable bonds is 30. The molecular formula is C76H147IO13Si6. The molecule has 5 aliphatic heterocycles. The number of halogens is 1. The molecule has 560 valence electrons. The molecule has 5 aliphatic rings. The molecule has 0 aliphatic carbocycles. The van der Waals surface area contributed by atoms with Gasteiger partial charge in [-0.05, 0) is 187 Å². The maximum Gasteiger partial charge on any atom is 0.193 e. The van der Waals surface area contributed by atoms with Crippen molar-refractivity contribution in [2.75, 3.05) is 20.3 Å². The van der Waals surface area contributed by atoms with Crippen molar-refractivity contribution < 1.29 is 59.8 Å². The zero-order valence-electron chi connectivity index (χ0n) is 67.5. The Morgan fingerprint density at radius 1 is 0.573 bits per heavy atom. The lowest BCUT2D eigenvalue weighted by Gasteiger charge is -2.56. The summed E-state index contributed by atoms with van der Waals surface area (Å²) in [7, 11) is -11.8. The topological polar surface area (TPSA) is 128 Å². The molecule has 0 aromatic rings. The first-order valence-corrected chi connectivity index (χ1v) is 56.0. The fourth-order valence-corrected chi connectivity index (χ4v) is 20.5. The Bertz CT molecular complexity index is 2550. The minimum atomic E-state index is -2.51. The summed E-state index contributed by atoms with van der Waals surface area (Å²) in [6.45, 7) is 82.0. The van der Waals surface area contributed by atoms with Crippen molar-refractivity contribution in [2.45, 2.75) is 409 Å². The number of carbonyl (C=O) groups excluding carboxylic acids is 1. The molecular weight excluding hydrogens is 1420 g/mol. The van der Waals surface area contributed by atoms with E-state index in [-0.39, 0.29) is 122 Å². The first-order chi connectivity index (χ1) is 43.4. The summed E-state index contributed by atoms with van der Waals surface area (Å²) >= 11 is 2.33. The molecule has 0 spiro atoms. The van der Waals surface area contributed by atoms with E-state index in [1.165, 1.54) is 5.57 Å². The predicted molar refractivity (Wildman–Crippen MR) is 423 cm³/mol. The molecule has 5 saturated heterocycles. The van der Waals surface area contributed by atoms with Gasteiger partial charge in [-0.3, -0.25) is 4.79 Å². The van der Waals surface area contributed by atoms with Crippen LogP contribution < -0.4 is 0 Å². The zero-order chi connectivity index (χ0) is 73.3. The van der Waals surface area contributed by atoms with Crippen molar-refractivity contribution in [1.29, 1.82) is 0 Å². The van der Waals surface area contributed by atoms with Crippen LogP contribution in [0.5, 0.6) is 0 Å². The molecule has 0 bridgehead atoms. The molecule has 0 saturated carbocycles. The first-order valence-electron chi connectivity index (χ1n) is 37.3. The predicted octanol–water partition coefficient (Wildman–Crippen LogP) is 21.0. The smallest absolute Gasteiger partial charge is 0.193 e. The number of ether oxygens (including phenoxy) is 6. The summed E-state index contributed by atoms with van der Waals surface area (Å²) in [4.78, 5) is 15.5. The lowest BCUT2D eigenvalue weighted by molar-refractivity contribution is -0.266. The highest BCUT2D eigenvalue weighted by atomic mass is 127. The minimum Gasteiger partial charge on any atom is -0.417 e. The lowest BCUT2D eigenvalue weighted by atomic mass is 9.81. The molecule has 96 heavy (non-hydrogen) atoms. The molecule has 17 atom stereocenters. The normalized spacial score (nSPS) is 30.7. The molecule has 5 fully saturated rings. The van der Waals surface area contributed by atoms with Gasteiger partial charge in [0.25, 0.3) is 0 Å². The van der Waals surface area contributed by atoms with Crippen molar-refractivity contribution in [3.05, 3.63) is 34.5 Å². The number of carbonyl (C=O) groups is 1. The van der Waals surface area contributed by atoms with Crippen LogP contribution >= 0.6 is 22.6 Å². The van der Waals surface area contributed by atoms with E-state index in [9.17, 15) is 0 Å². The Balaban J connectivity index is 1.48. The number of methoxy groups -OCH3 is 1. The number of fused-ring (bicyclic) bond motifs is 1. The van der Waals surface area contributed by atoms with Crippen molar-refractivity contribution in [2.24, 2.45) is 11.8 Å². The Morgan fingerprint density at radius 2 is 1.09 bits per heavy atom. The van der Waals surface area contributed by atoms with Crippen molar-refractivity contribution >= 4 is 78.3 Å². The van der Waals surface area contributed by atoms with Crippen molar-refractivity contribution in [3.8, 4) is 0 Å². The second kappa shape index (κ2) is 33.1. The van der Waals surface area contributed by atoms with Gasteiger partial charge < -0.3 is 55.0 Å². The van der Waals surface area contributed by atoms with Gasteiger partial charge in [-0.2, -0.15) is 0 Å². The molecule has 0 aromatic heterocycles. The third kappa shape index (κ3) is 22.5. The van der Waals surface area contributed by atoms with E-state index >= 15 is 4.79 Å². The van der Waals surface area contributed by atoms with Crippen LogP contribution in [0.25, 0.3) is 0 Å². The molecule has 13 nitrogen and oxygen atoms in total. The monoisotopic (exact) mass is 1560 g/mol. The Labute approximate surface area is 609 Å². The molecule has 5 rings (SSSR count). The Hall–Kier alpha value is 0.441. The van der Waals surface area contributed by atoms with Crippen molar-refractivity contribution in [3.63, 3.8) is 0 Å². The fraction of sp³-hybridized carbons (Fsp3) is 0.908.